The van der Waals surface area contributed by atoms with E-state index in [0.29, 0.717) is 17.0 Å². The molecule has 1 heterocycles. The summed E-state index contributed by atoms with van der Waals surface area (Å²) in [5.41, 5.74) is 2.89. The zero-order valence-electron chi connectivity index (χ0n) is 22.2. The summed E-state index contributed by atoms with van der Waals surface area (Å²) in [5.74, 6) is -0.663. The van der Waals surface area contributed by atoms with Crippen molar-refractivity contribution in [3.63, 3.8) is 0 Å². The Hall–Kier alpha value is -3.52. The molecule has 0 saturated carbocycles. The summed E-state index contributed by atoms with van der Waals surface area (Å²) in [5, 5.41) is 21.0. The van der Waals surface area contributed by atoms with Crippen LogP contribution in [-0.2, 0) is 14.3 Å². The highest BCUT2D eigenvalue weighted by Crippen LogP contribution is 2.35. The highest BCUT2D eigenvalue weighted by atomic mass is 16.6. The minimum atomic E-state index is -1.40. The number of rotatable bonds is 9. The molecule has 0 aliphatic carbocycles. The van der Waals surface area contributed by atoms with Gasteiger partial charge in [0.1, 0.15) is 6.61 Å². The first-order chi connectivity index (χ1) is 17.4. The van der Waals surface area contributed by atoms with E-state index in [1.807, 2.05) is 27.7 Å². The molecule has 1 aliphatic heterocycles. The Bertz CT molecular complexity index is 1180. The summed E-state index contributed by atoms with van der Waals surface area (Å²) in [4.78, 5) is 36.4. The quantitative estimate of drug-likeness (QED) is 0.194. The van der Waals surface area contributed by atoms with Gasteiger partial charge in [-0.05, 0) is 58.2 Å². The molecular weight excluding hydrogens is 474 g/mol. The van der Waals surface area contributed by atoms with Crippen molar-refractivity contribution in [3.05, 3.63) is 79.9 Å². The minimum Gasteiger partial charge on any atom is -0.458 e. The van der Waals surface area contributed by atoms with Gasteiger partial charge in [-0.2, -0.15) is 0 Å². The first kappa shape index (κ1) is 28.1. The standard InChI is InChI=1S/C29H35NO7/c1-17(2)21-12-24(18(3)4)26(25(13-21)19(5)6)28(33)36-16-29(15-31)14-22(27(32)37-29)11-20-7-9-23(10-8-20)30(34)35/h7-13,17-19,31H,14-16H2,1-6H3/b22-11+. The predicted octanol–water partition coefficient (Wildman–Crippen LogP) is 5.88. The van der Waals surface area contributed by atoms with Crippen LogP contribution in [0.25, 0.3) is 6.08 Å². The van der Waals surface area contributed by atoms with Crippen LogP contribution in [0.15, 0.2) is 42.0 Å². The maximum atomic E-state index is 13.4. The molecule has 37 heavy (non-hydrogen) atoms. The molecule has 1 fully saturated rings. The largest absolute Gasteiger partial charge is 0.458 e. The summed E-state index contributed by atoms with van der Waals surface area (Å²) >= 11 is 0. The van der Waals surface area contributed by atoms with E-state index < -0.39 is 29.1 Å². The van der Waals surface area contributed by atoms with Gasteiger partial charge in [0.15, 0.2) is 5.60 Å². The Morgan fingerprint density at radius 3 is 2.11 bits per heavy atom. The first-order valence-corrected chi connectivity index (χ1v) is 12.5. The van der Waals surface area contributed by atoms with E-state index in [4.69, 9.17) is 9.47 Å². The van der Waals surface area contributed by atoms with Gasteiger partial charge in [0.05, 0.1) is 17.1 Å². The van der Waals surface area contributed by atoms with Crippen LogP contribution in [0.3, 0.4) is 0 Å². The van der Waals surface area contributed by atoms with Gasteiger partial charge in [-0.1, -0.05) is 53.7 Å². The van der Waals surface area contributed by atoms with Crippen molar-refractivity contribution >= 4 is 23.7 Å². The fourth-order valence-corrected chi connectivity index (χ4v) is 4.40. The number of carbonyl (C=O) groups is 2. The summed E-state index contributed by atoms with van der Waals surface area (Å²) in [6.07, 6.45) is 1.59. The normalized spacial score (nSPS) is 18.6. The molecule has 2 aromatic carbocycles. The molecule has 0 spiro atoms. The Labute approximate surface area is 217 Å². The molecule has 1 unspecified atom stereocenters. The van der Waals surface area contributed by atoms with E-state index in [9.17, 15) is 24.8 Å². The van der Waals surface area contributed by atoms with Crippen LogP contribution in [-0.4, -0.2) is 40.8 Å². The van der Waals surface area contributed by atoms with Crippen LogP contribution < -0.4 is 0 Å². The summed E-state index contributed by atoms with van der Waals surface area (Å²) in [7, 11) is 0. The van der Waals surface area contributed by atoms with Crippen molar-refractivity contribution in [2.24, 2.45) is 0 Å². The number of carbonyl (C=O) groups excluding carboxylic acids is 2. The highest BCUT2D eigenvalue weighted by Gasteiger charge is 2.45. The zero-order chi connectivity index (χ0) is 27.5. The van der Waals surface area contributed by atoms with Crippen LogP contribution in [0.2, 0.25) is 0 Å². The molecule has 0 bridgehead atoms. The molecule has 0 amide bonds. The Morgan fingerprint density at radius 2 is 1.65 bits per heavy atom. The second-order valence-corrected chi connectivity index (χ2v) is 10.5. The number of aliphatic hydroxyl groups excluding tert-OH is 1. The number of benzene rings is 2. The van der Waals surface area contributed by atoms with Crippen molar-refractivity contribution < 1.29 is 29.1 Å². The molecule has 198 valence electrons. The fraction of sp³-hybridized carbons (Fsp3) is 0.448. The summed E-state index contributed by atoms with van der Waals surface area (Å²) in [6.45, 7) is 11.5. The number of nitro benzene ring substituents is 1. The maximum absolute atomic E-state index is 13.4. The number of aliphatic hydroxyl groups is 1. The lowest BCUT2D eigenvalue weighted by Gasteiger charge is -2.26. The van der Waals surface area contributed by atoms with Gasteiger partial charge in [0.2, 0.25) is 0 Å². The van der Waals surface area contributed by atoms with E-state index >= 15 is 0 Å². The lowest BCUT2D eigenvalue weighted by atomic mass is 9.84. The molecule has 8 heteroatoms. The van der Waals surface area contributed by atoms with Crippen LogP contribution in [0.4, 0.5) is 5.69 Å². The van der Waals surface area contributed by atoms with Crippen LogP contribution in [0, 0.1) is 10.1 Å². The van der Waals surface area contributed by atoms with Gasteiger partial charge >= 0.3 is 11.9 Å². The number of non-ortho nitro benzene ring substituents is 1. The van der Waals surface area contributed by atoms with Crippen molar-refractivity contribution in [2.45, 2.75) is 71.3 Å². The number of nitrogens with zero attached hydrogens (tertiary/aromatic N) is 1. The Kier molecular flexibility index (Phi) is 8.53. The van der Waals surface area contributed by atoms with Gasteiger partial charge in [-0.3, -0.25) is 10.1 Å². The Balaban J connectivity index is 1.85. The van der Waals surface area contributed by atoms with E-state index in [1.54, 1.807) is 6.08 Å². The topological polar surface area (TPSA) is 116 Å². The molecule has 0 radical (unpaired) electrons. The molecule has 0 aromatic heterocycles. The molecule has 8 nitrogen and oxygen atoms in total. The van der Waals surface area contributed by atoms with Gasteiger partial charge in [-0.15, -0.1) is 0 Å². The summed E-state index contributed by atoms with van der Waals surface area (Å²) in [6, 6.07) is 9.85. The van der Waals surface area contributed by atoms with Gasteiger partial charge < -0.3 is 14.6 Å². The van der Waals surface area contributed by atoms with Gasteiger partial charge in [-0.25, -0.2) is 9.59 Å². The third kappa shape index (κ3) is 6.25. The van der Waals surface area contributed by atoms with E-state index in [2.05, 4.69) is 26.0 Å². The molecular formula is C29H35NO7. The van der Waals surface area contributed by atoms with Crippen LogP contribution >= 0.6 is 0 Å². The summed E-state index contributed by atoms with van der Waals surface area (Å²) < 4.78 is 11.2. The van der Waals surface area contributed by atoms with Crippen molar-refractivity contribution in [3.8, 4) is 0 Å². The van der Waals surface area contributed by atoms with Gasteiger partial charge in [0.25, 0.3) is 5.69 Å². The average molecular weight is 510 g/mol. The third-order valence-corrected chi connectivity index (χ3v) is 6.62. The third-order valence-electron chi connectivity index (χ3n) is 6.62. The van der Waals surface area contributed by atoms with Crippen molar-refractivity contribution in [2.75, 3.05) is 13.2 Å². The number of hydrogen-bond acceptors (Lipinski definition) is 7. The lowest BCUT2D eigenvalue weighted by molar-refractivity contribution is -0.384. The van der Waals surface area contributed by atoms with E-state index in [-0.39, 0.29) is 36.1 Å². The number of esters is 2. The second-order valence-electron chi connectivity index (χ2n) is 10.5. The lowest BCUT2D eigenvalue weighted by Crippen LogP contribution is -2.39. The van der Waals surface area contributed by atoms with Gasteiger partial charge in [0, 0.05) is 24.1 Å². The Morgan fingerprint density at radius 1 is 1.08 bits per heavy atom. The molecule has 1 N–H and O–H groups in total. The second kappa shape index (κ2) is 11.3. The first-order valence-electron chi connectivity index (χ1n) is 12.5. The number of nitro groups is 1. The predicted molar refractivity (Wildman–Crippen MR) is 141 cm³/mol. The molecule has 1 atom stereocenters. The zero-order valence-corrected chi connectivity index (χ0v) is 22.2. The molecule has 1 aliphatic rings. The number of ether oxygens (including phenoxy) is 2. The van der Waals surface area contributed by atoms with Crippen LogP contribution in [0.1, 0.15) is 98.3 Å². The molecule has 2 aromatic rings. The van der Waals surface area contributed by atoms with E-state index in [0.717, 1.165) is 16.7 Å². The van der Waals surface area contributed by atoms with Crippen LogP contribution in [0.5, 0.6) is 0 Å². The smallest absolute Gasteiger partial charge is 0.338 e. The highest BCUT2D eigenvalue weighted by molar-refractivity contribution is 5.96. The SMILES string of the molecule is CC(C)c1cc(C(C)C)c(C(=O)OCC2(CO)C/C(=C\c3ccc([N+](=O)[O-])cc3)C(=O)O2)c(C(C)C)c1. The van der Waals surface area contributed by atoms with E-state index in [1.165, 1.54) is 24.3 Å². The molecule has 3 rings (SSSR count). The van der Waals surface area contributed by atoms with Crippen molar-refractivity contribution in [1.82, 2.24) is 0 Å². The van der Waals surface area contributed by atoms with Crippen molar-refractivity contribution in [1.29, 1.82) is 0 Å². The fourth-order valence-electron chi connectivity index (χ4n) is 4.40. The number of hydrogen-bond donors (Lipinski definition) is 1. The monoisotopic (exact) mass is 509 g/mol. The minimum absolute atomic E-state index is 0.0347. The average Bonchev–Trinajstić information content (AvgIpc) is 3.17. The maximum Gasteiger partial charge on any atom is 0.338 e. The number of cyclic esters (lactones) is 1. The molecule has 1 saturated heterocycles.